The van der Waals surface area contributed by atoms with Crippen LogP contribution in [0, 0.1) is 40.4 Å². The van der Waals surface area contributed by atoms with Gasteiger partial charge < -0.3 is 5.11 Å². The van der Waals surface area contributed by atoms with Gasteiger partial charge in [0.2, 0.25) is 0 Å². The van der Waals surface area contributed by atoms with Crippen LogP contribution in [0.2, 0.25) is 0 Å². The molecule has 0 aromatic heterocycles. The summed E-state index contributed by atoms with van der Waals surface area (Å²) >= 11 is 0. The third-order valence-electron chi connectivity index (χ3n) is 9.03. The van der Waals surface area contributed by atoms with Crippen LogP contribution in [0.25, 0.3) is 0 Å². The fraction of sp³-hybridized carbons (Fsp3) is 1.00. The maximum atomic E-state index is 10.2. The van der Waals surface area contributed by atoms with Gasteiger partial charge in [-0.3, -0.25) is 0 Å². The van der Waals surface area contributed by atoms with Crippen LogP contribution in [0.1, 0.15) is 78.1 Å². The van der Waals surface area contributed by atoms with Crippen LogP contribution < -0.4 is 0 Å². The van der Waals surface area contributed by atoms with Crippen LogP contribution in [0.4, 0.5) is 0 Å². The first-order valence-corrected chi connectivity index (χ1v) is 9.73. The standard InChI is InChI=1S/C20H34O/c1-14-6-9-18-16-8-7-15-5-3-4-11-19(15,2)17(16)10-12-20(14,18)13-21/h14-18,21H,3-13H2,1-2H3/t14-,15-,16-,17+,18+,19+,20+/m1/s1. The van der Waals surface area contributed by atoms with Crippen LogP contribution in [0.15, 0.2) is 0 Å². The van der Waals surface area contributed by atoms with Crippen molar-refractivity contribution < 1.29 is 5.11 Å². The fourth-order valence-electron chi connectivity index (χ4n) is 7.72. The van der Waals surface area contributed by atoms with Crippen molar-refractivity contribution in [2.45, 2.75) is 78.1 Å². The van der Waals surface area contributed by atoms with Gasteiger partial charge in [-0.15, -0.1) is 0 Å². The molecule has 7 atom stereocenters. The van der Waals surface area contributed by atoms with Crippen molar-refractivity contribution in [3.63, 3.8) is 0 Å². The first kappa shape index (κ1) is 14.5. The average Bonchev–Trinajstić information content (AvgIpc) is 2.84. The van der Waals surface area contributed by atoms with E-state index in [-0.39, 0.29) is 0 Å². The van der Waals surface area contributed by atoms with Crippen molar-refractivity contribution in [3.8, 4) is 0 Å². The summed E-state index contributed by atoms with van der Waals surface area (Å²) < 4.78 is 0. The first-order chi connectivity index (χ1) is 10.1. The molecule has 0 amide bonds. The van der Waals surface area contributed by atoms with Crippen molar-refractivity contribution in [2.75, 3.05) is 6.61 Å². The summed E-state index contributed by atoms with van der Waals surface area (Å²) in [5.41, 5.74) is 0.952. The Morgan fingerprint density at radius 1 is 0.905 bits per heavy atom. The molecule has 120 valence electrons. The molecule has 4 fully saturated rings. The van der Waals surface area contributed by atoms with Gasteiger partial charge in [-0.2, -0.15) is 0 Å². The molecule has 1 nitrogen and oxygen atoms in total. The lowest BCUT2D eigenvalue weighted by molar-refractivity contribution is -0.126. The van der Waals surface area contributed by atoms with Crippen LogP contribution in [-0.2, 0) is 0 Å². The SMILES string of the molecule is C[C@@H]1CC[C@H]2[C@@H]3CC[C@H]4CCCC[C@]4(C)[C@H]3CC[C@]12CO. The van der Waals surface area contributed by atoms with Crippen molar-refractivity contribution in [3.05, 3.63) is 0 Å². The van der Waals surface area contributed by atoms with Gasteiger partial charge in [0.15, 0.2) is 0 Å². The predicted molar refractivity (Wildman–Crippen MR) is 86.9 cm³/mol. The van der Waals surface area contributed by atoms with Gasteiger partial charge in [0, 0.05) is 6.61 Å². The molecule has 0 heterocycles. The van der Waals surface area contributed by atoms with Gasteiger partial charge in [0.25, 0.3) is 0 Å². The fourth-order valence-corrected chi connectivity index (χ4v) is 7.72. The highest BCUT2D eigenvalue weighted by molar-refractivity contribution is 5.09. The maximum Gasteiger partial charge on any atom is 0.0492 e. The molecule has 1 N–H and O–H groups in total. The molecule has 4 aliphatic carbocycles. The van der Waals surface area contributed by atoms with Gasteiger partial charge in [0.05, 0.1) is 0 Å². The van der Waals surface area contributed by atoms with E-state index in [4.69, 9.17) is 0 Å². The number of fused-ring (bicyclic) bond motifs is 5. The Hall–Kier alpha value is -0.0400. The first-order valence-electron chi connectivity index (χ1n) is 9.73. The van der Waals surface area contributed by atoms with E-state index in [9.17, 15) is 5.11 Å². The van der Waals surface area contributed by atoms with Crippen LogP contribution in [0.3, 0.4) is 0 Å². The quantitative estimate of drug-likeness (QED) is 0.718. The highest BCUT2D eigenvalue weighted by atomic mass is 16.3. The third-order valence-corrected chi connectivity index (χ3v) is 9.03. The Kier molecular flexibility index (Phi) is 3.45. The zero-order valence-corrected chi connectivity index (χ0v) is 14.1. The minimum atomic E-state index is 0.305. The Labute approximate surface area is 130 Å². The molecular formula is C20H34O. The summed E-state index contributed by atoms with van der Waals surface area (Å²) in [6, 6.07) is 0. The average molecular weight is 290 g/mol. The molecule has 4 saturated carbocycles. The molecule has 0 aromatic carbocycles. The number of aliphatic hydroxyl groups is 1. The van der Waals surface area contributed by atoms with E-state index in [1.54, 1.807) is 0 Å². The predicted octanol–water partition coefficient (Wildman–Crippen LogP) is 5.03. The summed E-state index contributed by atoms with van der Waals surface area (Å²) in [5.74, 6) is 4.54. The van der Waals surface area contributed by atoms with Gasteiger partial charge in [-0.1, -0.05) is 26.7 Å². The van der Waals surface area contributed by atoms with Gasteiger partial charge in [0.1, 0.15) is 0 Å². The molecule has 0 saturated heterocycles. The highest BCUT2D eigenvalue weighted by Gasteiger charge is 2.60. The van der Waals surface area contributed by atoms with E-state index in [1.165, 1.54) is 64.2 Å². The summed E-state index contributed by atoms with van der Waals surface area (Å²) in [6.07, 6.45) is 14.4. The second-order valence-electron chi connectivity index (χ2n) is 9.31. The summed E-state index contributed by atoms with van der Waals surface area (Å²) in [6.45, 7) is 5.53. The van der Waals surface area contributed by atoms with Crippen LogP contribution >= 0.6 is 0 Å². The summed E-state index contributed by atoms with van der Waals surface area (Å²) in [5, 5.41) is 10.2. The van der Waals surface area contributed by atoms with E-state index >= 15 is 0 Å². The largest absolute Gasteiger partial charge is 0.396 e. The van der Waals surface area contributed by atoms with Crippen molar-refractivity contribution in [1.29, 1.82) is 0 Å². The number of aliphatic hydroxyl groups excluding tert-OH is 1. The van der Waals surface area contributed by atoms with Crippen molar-refractivity contribution in [2.24, 2.45) is 40.4 Å². The van der Waals surface area contributed by atoms with E-state index in [2.05, 4.69) is 13.8 Å². The highest BCUT2D eigenvalue weighted by Crippen LogP contribution is 2.67. The lowest BCUT2D eigenvalue weighted by Crippen LogP contribution is -2.54. The van der Waals surface area contributed by atoms with Gasteiger partial charge in [-0.25, -0.2) is 0 Å². The van der Waals surface area contributed by atoms with Crippen molar-refractivity contribution >= 4 is 0 Å². The topological polar surface area (TPSA) is 20.2 Å². The third kappa shape index (κ3) is 1.85. The maximum absolute atomic E-state index is 10.2. The monoisotopic (exact) mass is 290 g/mol. The minimum absolute atomic E-state index is 0.305. The Morgan fingerprint density at radius 2 is 1.76 bits per heavy atom. The van der Waals surface area contributed by atoms with E-state index < -0.39 is 0 Å². The Morgan fingerprint density at radius 3 is 2.57 bits per heavy atom. The van der Waals surface area contributed by atoms with E-state index in [1.807, 2.05) is 0 Å². The molecule has 4 rings (SSSR count). The molecule has 21 heavy (non-hydrogen) atoms. The Bertz CT molecular complexity index is 405. The van der Waals surface area contributed by atoms with E-state index in [0.29, 0.717) is 17.4 Å². The lowest BCUT2D eigenvalue weighted by Gasteiger charge is -2.60. The van der Waals surface area contributed by atoms with Crippen molar-refractivity contribution in [1.82, 2.24) is 0 Å². The summed E-state index contributed by atoms with van der Waals surface area (Å²) in [7, 11) is 0. The molecular weight excluding hydrogens is 256 g/mol. The molecule has 4 aliphatic rings. The van der Waals surface area contributed by atoms with Crippen LogP contribution in [-0.4, -0.2) is 11.7 Å². The van der Waals surface area contributed by atoms with E-state index in [0.717, 1.165) is 29.6 Å². The molecule has 0 spiro atoms. The van der Waals surface area contributed by atoms with Gasteiger partial charge in [-0.05, 0) is 91.8 Å². The molecule has 0 aromatic rings. The smallest absolute Gasteiger partial charge is 0.0492 e. The Balaban J connectivity index is 1.65. The lowest BCUT2D eigenvalue weighted by atomic mass is 9.45. The number of hydrogen-bond donors (Lipinski definition) is 1. The summed E-state index contributed by atoms with van der Waals surface area (Å²) in [4.78, 5) is 0. The molecule has 0 aliphatic heterocycles. The second-order valence-corrected chi connectivity index (χ2v) is 9.31. The zero-order valence-electron chi connectivity index (χ0n) is 14.1. The van der Waals surface area contributed by atoms with Crippen LogP contribution in [0.5, 0.6) is 0 Å². The number of rotatable bonds is 1. The normalized spacial score (nSPS) is 56.4. The molecule has 0 radical (unpaired) electrons. The molecule has 1 heteroatoms. The molecule has 0 unspecified atom stereocenters. The zero-order chi connectivity index (χ0) is 14.7. The number of hydrogen-bond acceptors (Lipinski definition) is 1. The van der Waals surface area contributed by atoms with Gasteiger partial charge >= 0.3 is 0 Å². The molecule has 0 bridgehead atoms. The minimum Gasteiger partial charge on any atom is -0.396 e. The second kappa shape index (κ2) is 4.98.